The number of Topliss-reactive ketones (excluding diaryl/α,β-unsaturated/α-hetero) is 1. The number of ketones is 1. The highest BCUT2D eigenvalue weighted by Gasteiger charge is 2.31. The Morgan fingerprint density at radius 2 is 0.965 bits per heavy atom. The van der Waals surface area contributed by atoms with E-state index in [9.17, 15) is 28.8 Å². The molecule has 6 N–H and O–H groups in total. The quantitative estimate of drug-likeness (QED) is 0.0794. The van der Waals surface area contributed by atoms with E-state index in [1.807, 2.05) is 133 Å². The molecule has 0 heterocycles. The fourth-order valence-electron chi connectivity index (χ4n) is 6.31. The lowest BCUT2D eigenvalue weighted by molar-refractivity contribution is -0.141. The van der Waals surface area contributed by atoms with Crippen LogP contribution >= 0.6 is 0 Å². The first-order valence-electron chi connectivity index (χ1n) is 18.9. The van der Waals surface area contributed by atoms with Crippen LogP contribution < -0.4 is 27.0 Å². The molecule has 0 aliphatic heterocycles. The molecule has 0 fully saturated rings. The number of nitrogens with one attached hydrogen (secondary N) is 4. The third kappa shape index (κ3) is 12.9. The second-order valence-corrected chi connectivity index (χ2v) is 13.8. The predicted octanol–water partition coefficient (Wildman–Crippen LogP) is 4.03. The molecule has 5 rings (SSSR count). The number of hydrogen-bond donors (Lipinski definition) is 5. The number of nitrogens with two attached hydrogens (primary N) is 1. The molecular formula is C46H47N5O6. The maximum Gasteiger partial charge on any atom is 0.290 e. The number of hydrogen-bond acceptors (Lipinski definition) is 6. The van der Waals surface area contributed by atoms with Gasteiger partial charge >= 0.3 is 0 Å². The van der Waals surface area contributed by atoms with Gasteiger partial charge in [-0.25, -0.2) is 0 Å². The minimum atomic E-state index is -1.31. The molecule has 5 aromatic carbocycles. The van der Waals surface area contributed by atoms with E-state index in [1.165, 1.54) is 6.92 Å². The van der Waals surface area contributed by atoms with Crippen molar-refractivity contribution < 1.29 is 28.8 Å². The zero-order valence-electron chi connectivity index (χ0n) is 31.7. The zero-order chi connectivity index (χ0) is 40.6. The van der Waals surface area contributed by atoms with Crippen LogP contribution in [0.1, 0.15) is 35.6 Å². The summed E-state index contributed by atoms with van der Waals surface area (Å²) in [4.78, 5) is 79.8. The van der Waals surface area contributed by atoms with Gasteiger partial charge in [-0.2, -0.15) is 0 Å². The fourth-order valence-corrected chi connectivity index (χ4v) is 6.31. The van der Waals surface area contributed by atoms with Crippen LogP contribution in [0.25, 0.3) is 11.1 Å². The Labute approximate surface area is 332 Å². The molecular weight excluding hydrogens is 719 g/mol. The summed E-state index contributed by atoms with van der Waals surface area (Å²) in [6, 6.07) is 40.1. The zero-order valence-corrected chi connectivity index (χ0v) is 31.7. The summed E-state index contributed by atoms with van der Waals surface area (Å²) in [6.45, 7) is 1.36. The standard InChI is InChI=1S/C46H47N5O6/c1-31(48-45(56)40(29-33-16-8-3-9-17-33)49-41(52)30-34-18-10-4-11-19-34)42(53)46(57)50-38(27-24-32-14-6-2-7-15-32)44(55)51-39(43(47)54)28-35-22-25-37(26-23-35)36-20-12-5-13-21-36/h2-23,25-26,31,38-40H,24,27-30H2,1H3,(H2,47,54)(H,48,56)(H,49,52)(H,50,57)(H,51,55)/t31?,38-,39+,40+/m1/s1. The smallest absolute Gasteiger partial charge is 0.290 e. The third-order valence-corrected chi connectivity index (χ3v) is 9.46. The topological polar surface area (TPSA) is 177 Å². The van der Waals surface area contributed by atoms with E-state index in [1.54, 1.807) is 12.1 Å². The molecule has 1 unspecified atom stereocenters. The summed E-state index contributed by atoms with van der Waals surface area (Å²) in [7, 11) is 0. The Morgan fingerprint density at radius 1 is 0.491 bits per heavy atom. The minimum Gasteiger partial charge on any atom is -0.368 e. The number of carbonyl (C=O) groups excluding carboxylic acids is 6. The second-order valence-electron chi connectivity index (χ2n) is 13.8. The van der Waals surface area contributed by atoms with Crippen LogP contribution in [0.3, 0.4) is 0 Å². The molecule has 0 saturated carbocycles. The van der Waals surface area contributed by atoms with Crippen LogP contribution in [0, 0.1) is 0 Å². The lowest BCUT2D eigenvalue weighted by Gasteiger charge is -2.23. The van der Waals surface area contributed by atoms with E-state index in [0.717, 1.165) is 33.4 Å². The van der Waals surface area contributed by atoms with Crippen molar-refractivity contribution in [1.82, 2.24) is 21.3 Å². The van der Waals surface area contributed by atoms with Gasteiger partial charge < -0.3 is 27.0 Å². The molecule has 0 spiro atoms. The molecule has 5 aromatic rings. The van der Waals surface area contributed by atoms with E-state index in [4.69, 9.17) is 5.73 Å². The molecule has 57 heavy (non-hydrogen) atoms. The average molecular weight is 766 g/mol. The van der Waals surface area contributed by atoms with Gasteiger partial charge in [-0.1, -0.05) is 146 Å². The van der Waals surface area contributed by atoms with Crippen molar-refractivity contribution in [2.24, 2.45) is 5.73 Å². The Bertz CT molecular complexity index is 2110. The van der Waals surface area contributed by atoms with E-state index in [-0.39, 0.29) is 31.6 Å². The largest absolute Gasteiger partial charge is 0.368 e. The molecule has 11 nitrogen and oxygen atoms in total. The first-order chi connectivity index (χ1) is 27.5. The van der Waals surface area contributed by atoms with Gasteiger partial charge in [-0.3, -0.25) is 28.8 Å². The highest BCUT2D eigenvalue weighted by Crippen LogP contribution is 2.20. The van der Waals surface area contributed by atoms with Crippen molar-refractivity contribution in [3.8, 4) is 11.1 Å². The summed E-state index contributed by atoms with van der Waals surface area (Å²) >= 11 is 0. The number of carbonyl (C=O) groups is 6. The van der Waals surface area contributed by atoms with Crippen LogP contribution in [0.4, 0.5) is 0 Å². The van der Waals surface area contributed by atoms with E-state index in [0.29, 0.717) is 6.42 Å². The van der Waals surface area contributed by atoms with E-state index in [2.05, 4.69) is 21.3 Å². The van der Waals surface area contributed by atoms with Gasteiger partial charge in [0.2, 0.25) is 29.4 Å². The van der Waals surface area contributed by atoms with Gasteiger partial charge in [0, 0.05) is 12.8 Å². The van der Waals surface area contributed by atoms with Gasteiger partial charge in [0.1, 0.15) is 18.1 Å². The molecule has 4 atom stereocenters. The minimum absolute atomic E-state index is 0.0416. The van der Waals surface area contributed by atoms with Gasteiger partial charge in [0.25, 0.3) is 5.91 Å². The van der Waals surface area contributed by atoms with Crippen molar-refractivity contribution in [1.29, 1.82) is 0 Å². The van der Waals surface area contributed by atoms with Crippen LogP contribution in [0.5, 0.6) is 0 Å². The van der Waals surface area contributed by atoms with Gasteiger partial charge in [0.15, 0.2) is 0 Å². The number of rotatable bonds is 19. The van der Waals surface area contributed by atoms with Crippen LogP contribution in [0.15, 0.2) is 146 Å². The summed E-state index contributed by atoms with van der Waals surface area (Å²) in [5, 5.41) is 10.5. The van der Waals surface area contributed by atoms with Crippen LogP contribution in [-0.2, 0) is 54.5 Å². The Balaban J connectivity index is 1.25. The number of aryl methyl sites for hydroxylation is 1. The van der Waals surface area contributed by atoms with Crippen molar-refractivity contribution in [3.63, 3.8) is 0 Å². The average Bonchev–Trinajstić information content (AvgIpc) is 3.23. The van der Waals surface area contributed by atoms with E-state index >= 15 is 0 Å². The number of amides is 5. The maximum absolute atomic E-state index is 13.8. The first-order valence-corrected chi connectivity index (χ1v) is 18.9. The summed E-state index contributed by atoms with van der Waals surface area (Å²) in [5.41, 5.74) is 10.9. The van der Waals surface area contributed by atoms with Gasteiger partial charge in [0.05, 0.1) is 12.5 Å². The first kappa shape index (κ1) is 41.3. The molecule has 0 aromatic heterocycles. The molecule has 0 saturated heterocycles. The normalized spacial score (nSPS) is 12.9. The van der Waals surface area contributed by atoms with Gasteiger partial charge in [-0.15, -0.1) is 0 Å². The van der Waals surface area contributed by atoms with E-state index < -0.39 is 53.6 Å². The molecule has 5 amide bonds. The van der Waals surface area contributed by atoms with Crippen molar-refractivity contribution >= 4 is 35.3 Å². The highest BCUT2D eigenvalue weighted by molar-refractivity contribution is 6.38. The summed E-state index contributed by atoms with van der Waals surface area (Å²) in [6.07, 6.45) is 0.745. The van der Waals surface area contributed by atoms with Crippen LogP contribution in [-0.4, -0.2) is 59.5 Å². The van der Waals surface area contributed by atoms with Crippen molar-refractivity contribution in [3.05, 3.63) is 168 Å². The molecule has 11 heteroatoms. The predicted molar refractivity (Wildman–Crippen MR) is 218 cm³/mol. The second kappa shape index (κ2) is 20.7. The monoisotopic (exact) mass is 765 g/mol. The Morgan fingerprint density at radius 3 is 1.54 bits per heavy atom. The fraction of sp³-hybridized carbons (Fsp3) is 0.217. The lowest BCUT2D eigenvalue weighted by Crippen LogP contribution is -2.57. The van der Waals surface area contributed by atoms with Gasteiger partial charge in [-0.05, 0) is 53.1 Å². The molecule has 0 radical (unpaired) electrons. The van der Waals surface area contributed by atoms with Crippen molar-refractivity contribution in [2.45, 2.75) is 63.2 Å². The SMILES string of the molecule is CC(NC(=O)[C@H](Cc1ccccc1)NC(=O)Cc1ccccc1)C(=O)C(=O)N[C@H](CCc1ccccc1)C(=O)N[C@@H](Cc1ccc(-c2ccccc2)cc1)C(N)=O. The lowest BCUT2D eigenvalue weighted by atomic mass is 9.99. The molecule has 292 valence electrons. The number of benzene rings is 5. The van der Waals surface area contributed by atoms with Crippen LogP contribution in [0.2, 0.25) is 0 Å². The summed E-state index contributed by atoms with van der Waals surface area (Å²) in [5.74, 6) is -4.61. The maximum atomic E-state index is 13.8. The Kier molecular flexibility index (Phi) is 15.0. The molecule has 0 aliphatic carbocycles. The van der Waals surface area contributed by atoms with Crippen molar-refractivity contribution in [2.75, 3.05) is 0 Å². The highest BCUT2D eigenvalue weighted by atomic mass is 16.2. The molecule has 0 bridgehead atoms. The molecule has 0 aliphatic rings. The summed E-state index contributed by atoms with van der Waals surface area (Å²) < 4.78 is 0. The Hall–Kier alpha value is -6.88. The number of primary amides is 1. The third-order valence-electron chi connectivity index (χ3n) is 9.46.